The molecule has 80 valence electrons. The first-order valence-corrected chi connectivity index (χ1v) is 4.57. The van der Waals surface area contributed by atoms with Gasteiger partial charge in [0.1, 0.15) is 12.5 Å². The van der Waals surface area contributed by atoms with Crippen LogP contribution in [0.25, 0.3) is 0 Å². The van der Waals surface area contributed by atoms with Crippen molar-refractivity contribution in [2.24, 2.45) is 0 Å². The van der Waals surface area contributed by atoms with Gasteiger partial charge in [0, 0.05) is 5.69 Å². The van der Waals surface area contributed by atoms with Gasteiger partial charge < -0.3 is 10.6 Å². The Kier molecular flexibility index (Phi) is 2.30. The van der Waals surface area contributed by atoms with Crippen LogP contribution < -0.4 is 10.6 Å². The highest BCUT2D eigenvalue weighted by Gasteiger charge is 2.30. The number of nitrogen functional groups attached to an aromatic ring is 1. The molecule has 0 aliphatic carbocycles. The largest absolute Gasteiger partial charge is 0.399 e. The van der Waals surface area contributed by atoms with E-state index < -0.39 is 12.5 Å². The third-order valence-electron chi connectivity index (χ3n) is 2.39. The van der Waals surface area contributed by atoms with Crippen LogP contribution in [0.1, 0.15) is 5.56 Å². The second-order valence-corrected chi connectivity index (χ2v) is 3.42. The Morgan fingerprint density at radius 1 is 1.47 bits per heavy atom. The average molecular weight is 212 g/mol. The fourth-order valence-electron chi connectivity index (χ4n) is 1.82. The summed E-state index contributed by atoms with van der Waals surface area (Å²) in [5.41, 5.74) is 6.44. The predicted molar refractivity (Wildman–Crippen MR) is 52.8 cm³/mol. The summed E-state index contributed by atoms with van der Waals surface area (Å²) in [6.07, 6.45) is 0.0945. The van der Waals surface area contributed by atoms with E-state index in [9.17, 15) is 13.6 Å². The Labute approximate surface area is 85.5 Å². The van der Waals surface area contributed by atoms with E-state index in [1.54, 1.807) is 6.07 Å². The molecule has 5 heteroatoms. The monoisotopic (exact) mass is 212 g/mol. The fourth-order valence-corrected chi connectivity index (χ4v) is 1.82. The number of halogens is 2. The molecule has 2 rings (SSSR count). The van der Waals surface area contributed by atoms with Gasteiger partial charge in [-0.3, -0.25) is 4.79 Å². The normalized spacial score (nSPS) is 14.5. The van der Waals surface area contributed by atoms with E-state index in [1.807, 2.05) is 0 Å². The standard InChI is InChI=1S/C10H10F2N2O/c11-1-2-14-9(15)4-6-3-7(13)5-8(12)10(6)14/h3,5H,1-2,4,13H2. The van der Waals surface area contributed by atoms with E-state index in [0.717, 1.165) is 11.0 Å². The first-order valence-electron chi connectivity index (χ1n) is 4.57. The number of benzene rings is 1. The summed E-state index contributed by atoms with van der Waals surface area (Å²) >= 11 is 0. The molecule has 0 unspecified atom stereocenters. The molecule has 0 saturated heterocycles. The van der Waals surface area contributed by atoms with Gasteiger partial charge in [-0.15, -0.1) is 0 Å². The molecule has 2 N–H and O–H groups in total. The van der Waals surface area contributed by atoms with Crippen molar-refractivity contribution in [3.05, 3.63) is 23.5 Å². The molecule has 1 aromatic carbocycles. The number of amides is 1. The number of nitrogens with two attached hydrogens (primary N) is 1. The molecule has 1 aliphatic heterocycles. The summed E-state index contributed by atoms with van der Waals surface area (Å²) in [6, 6.07) is 2.69. The van der Waals surface area contributed by atoms with Crippen LogP contribution in [0.15, 0.2) is 12.1 Å². The van der Waals surface area contributed by atoms with Crippen molar-refractivity contribution in [1.82, 2.24) is 0 Å². The first-order chi connectivity index (χ1) is 7.13. The van der Waals surface area contributed by atoms with Crippen molar-refractivity contribution in [3.63, 3.8) is 0 Å². The van der Waals surface area contributed by atoms with Gasteiger partial charge in [0.25, 0.3) is 0 Å². The minimum Gasteiger partial charge on any atom is -0.399 e. The summed E-state index contributed by atoms with van der Waals surface area (Å²) in [4.78, 5) is 12.6. The van der Waals surface area contributed by atoms with Gasteiger partial charge in [-0.1, -0.05) is 0 Å². The van der Waals surface area contributed by atoms with E-state index in [0.29, 0.717) is 5.56 Å². The molecule has 1 heterocycles. The fraction of sp³-hybridized carbons (Fsp3) is 0.300. The van der Waals surface area contributed by atoms with Crippen LogP contribution in [0.4, 0.5) is 20.2 Å². The SMILES string of the molecule is Nc1cc(F)c2c(c1)CC(=O)N2CCF. The number of rotatable bonds is 2. The molecule has 1 aromatic rings. The minimum atomic E-state index is -0.686. The quantitative estimate of drug-likeness (QED) is 0.750. The Balaban J connectivity index is 2.48. The third-order valence-corrected chi connectivity index (χ3v) is 2.39. The van der Waals surface area contributed by atoms with Crippen molar-refractivity contribution in [2.45, 2.75) is 6.42 Å². The van der Waals surface area contributed by atoms with Gasteiger partial charge >= 0.3 is 0 Å². The zero-order chi connectivity index (χ0) is 11.0. The van der Waals surface area contributed by atoms with Crippen LogP contribution in [0.3, 0.4) is 0 Å². The van der Waals surface area contributed by atoms with Gasteiger partial charge in [0.15, 0.2) is 0 Å². The zero-order valence-corrected chi connectivity index (χ0v) is 7.96. The van der Waals surface area contributed by atoms with Crippen molar-refractivity contribution in [1.29, 1.82) is 0 Å². The van der Waals surface area contributed by atoms with E-state index in [4.69, 9.17) is 5.73 Å². The molecule has 1 amide bonds. The van der Waals surface area contributed by atoms with Crippen LogP contribution in [-0.4, -0.2) is 19.1 Å². The molecule has 0 aromatic heterocycles. The smallest absolute Gasteiger partial charge is 0.231 e. The van der Waals surface area contributed by atoms with Crippen molar-refractivity contribution < 1.29 is 13.6 Å². The Morgan fingerprint density at radius 2 is 2.20 bits per heavy atom. The maximum Gasteiger partial charge on any atom is 0.231 e. The van der Waals surface area contributed by atoms with Crippen LogP contribution in [-0.2, 0) is 11.2 Å². The van der Waals surface area contributed by atoms with Crippen LogP contribution >= 0.6 is 0 Å². The van der Waals surface area contributed by atoms with Crippen molar-refractivity contribution >= 4 is 17.3 Å². The number of hydrogen-bond acceptors (Lipinski definition) is 2. The summed E-state index contributed by atoms with van der Waals surface area (Å²) in [5.74, 6) is -0.851. The van der Waals surface area contributed by atoms with Gasteiger partial charge in [0.05, 0.1) is 18.7 Å². The zero-order valence-electron chi connectivity index (χ0n) is 7.96. The number of alkyl halides is 1. The second kappa shape index (κ2) is 3.49. The number of carbonyl (C=O) groups excluding carboxylic acids is 1. The number of carbonyl (C=O) groups is 1. The first kappa shape index (κ1) is 9.89. The van der Waals surface area contributed by atoms with E-state index in [2.05, 4.69) is 0 Å². The summed E-state index contributed by atoms with van der Waals surface area (Å²) in [6.45, 7) is -0.790. The molecular formula is C10H10F2N2O. The Hall–Kier alpha value is -1.65. The maximum absolute atomic E-state index is 13.5. The van der Waals surface area contributed by atoms with Gasteiger partial charge in [-0.05, 0) is 17.7 Å². The molecule has 0 radical (unpaired) electrons. The van der Waals surface area contributed by atoms with Crippen molar-refractivity contribution in [3.8, 4) is 0 Å². The highest BCUT2D eigenvalue weighted by Crippen LogP contribution is 2.33. The van der Waals surface area contributed by atoms with E-state index in [-0.39, 0.29) is 30.2 Å². The molecule has 0 bridgehead atoms. The minimum absolute atomic E-state index is 0.0945. The van der Waals surface area contributed by atoms with Crippen LogP contribution in [0, 0.1) is 5.82 Å². The summed E-state index contributed by atoms with van der Waals surface area (Å²) < 4.78 is 25.7. The van der Waals surface area contributed by atoms with Gasteiger partial charge in [-0.2, -0.15) is 0 Å². The highest BCUT2D eigenvalue weighted by atomic mass is 19.1. The molecule has 0 fully saturated rings. The number of hydrogen-bond donors (Lipinski definition) is 1. The van der Waals surface area contributed by atoms with E-state index >= 15 is 0 Å². The van der Waals surface area contributed by atoms with Crippen LogP contribution in [0.5, 0.6) is 0 Å². The lowest BCUT2D eigenvalue weighted by molar-refractivity contribution is -0.117. The summed E-state index contributed by atoms with van der Waals surface area (Å²) in [5, 5.41) is 0. The predicted octanol–water partition coefficient (Wildman–Crippen LogP) is 1.27. The molecule has 15 heavy (non-hydrogen) atoms. The van der Waals surface area contributed by atoms with Crippen molar-refractivity contribution in [2.75, 3.05) is 23.9 Å². The number of nitrogens with zero attached hydrogens (tertiary/aromatic N) is 1. The van der Waals surface area contributed by atoms with Gasteiger partial charge in [0.2, 0.25) is 5.91 Å². The highest BCUT2D eigenvalue weighted by molar-refractivity contribution is 6.01. The molecule has 0 saturated carbocycles. The molecule has 0 atom stereocenters. The third kappa shape index (κ3) is 1.54. The number of fused-ring (bicyclic) bond motifs is 1. The molecule has 3 nitrogen and oxygen atoms in total. The number of anilines is 2. The maximum atomic E-state index is 13.5. The average Bonchev–Trinajstić information content (AvgIpc) is 2.43. The topological polar surface area (TPSA) is 46.3 Å². The summed E-state index contributed by atoms with van der Waals surface area (Å²) in [7, 11) is 0. The lowest BCUT2D eigenvalue weighted by Crippen LogP contribution is -2.29. The Bertz CT molecular complexity index is 420. The van der Waals surface area contributed by atoms with Gasteiger partial charge in [-0.25, -0.2) is 8.78 Å². The van der Waals surface area contributed by atoms with E-state index in [1.165, 1.54) is 0 Å². The lowest BCUT2D eigenvalue weighted by Gasteiger charge is -2.15. The Morgan fingerprint density at radius 3 is 2.87 bits per heavy atom. The molecule has 1 aliphatic rings. The lowest BCUT2D eigenvalue weighted by atomic mass is 10.1. The molecule has 0 spiro atoms. The molecular weight excluding hydrogens is 202 g/mol. The van der Waals surface area contributed by atoms with Crippen LogP contribution in [0.2, 0.25) is 0 Å². The second-order valence-electron chi connectivity index (χ2n) is 3.42.